The van der Waals surface area contributed by atoms with Gasteiger partial charge in [-0.1, -0.05) is 22.0 Å². The summed E-state index contributed by atoms with van der Waals surface area (Å²) in [6.07, 6.45) is 0.600. The van der Waals surface area contributed by atoms with Gasteiger partial charge in [-0.2, -0.15) is 0 Å². The summed E-state index contributed by atoms with van der Waals surface area (Å²) in [6.45, 7) is 3.90. The molecule has 2 aromatic carbocycles. The first-order valence-electron chi connectivity index (χ1n) is 8.68. The molecule has 27 heavy (non-hydrogen) atoms. The molecule has 2 unspecified atom stereocenters. The van der Waals surface area contributed by atoms with Crippen molar-refractivity contribution in [3.05, 3.63) is 45.9 Å². The second-order valence-electron chi connectivity index (χ2n) is 7.02. The van der Waals surface area contributed by atoms with Crippen molar-refractivity contribution in [1.82, 2.24) is 5.32 Å². The quantitative estimate of drug-likeness (QED) is 0.772. The van der Waals surface area contributed by atoms with Crippen molar-refractivity contribution in [2.24, 2.45) is 0 Å². The molecular formula is C20H21BrN2O4. The molecule has 2 heterocycles. The lowest BCUT2D eigenvalue weighted by molar-refractivity contribution is 0.0345. The second kappa shape index (κ2) is 6.34. The van der Waals surface area contributed by atoms with Crippen LogP contribution in [0.4, 0.5) is 10.5 Å². The Balaban J connectivity index is 1.86. The predicted molar refractivity (Wildman–Crippen MR) is 106 cm³/mol. The van der Waals surface area contributed by atoms with Gasteiger partial charge < -0.3 is 19.5 Å². The number of amides is 2. The molecule has 2 atom stereocenters. The molecule has 1 N–H and O–H groups in total. The van der Waals surface area contributed by atoms with E-state index < -0.39 is 5.72 Å². The van der Waals surface area contributed by atoms with Crippen molar-refractivity contribution >= 4 is 27.6 Å². The highest BCUT2D eigenvalue weighted by atomic mass is 79.9. The van der Waals surface area contributed by atoms with E-state index in [0.29, 0.717) is 29.4 Å². The lowest BCUT2D eigenvalue weighted by Crippen LogP contribution is -2.65. The minimum absolute atomic E-state index is 0.162. The van der Waals surface area contributed by atoms with Crippen LogP contribution in [0.2, 0.25) is 0 Å². The van der Waals surface area contributed by atoms with Crippen molar-refractivity contribution in [1.29, 1.82) is 0 Å². The molecule has 142 valence electrons. The van der Waals surface area contributed by atoms with Gasteiger partial charge in [0, 0.05) is 16.5 Å². The summed E-state index contributed by atoms with van der Waals surface area (Å²) < 4.78 is 18.3. The largest absolute Gasteiger partial charge is 0.495 e. The van der Waals surface area contributed by atoms with Crippen LogP contribution in [0.3, 0.4) is 0 Å². The highest BCUT2D eigenvalue weighted by Gasteiger charge is 2.51. The Morgan fingerprint density at radius 1 is 1.22 bits per heavy atom. The molecular weight excluding hydrogens is 412 g/mol. The van der Waals surface area contributed by atoms with Crippen LogP contribution >= 0.6 is 15.9 Å². The Bertz CT molecular complexity index is 932. The van der Waals surface area contributed by atoms with Gasteiger partial charge in [0.2, 0.25) is 0 Å². The van der Waals surface area contributed by atoms with E-state index in [-0.39, 0.29) is 12.1 Å². The average molecular weight is 433 g/mol. The number of hydrogen-bond acceptors (Lipinski definition) is 4. The highest BCUT2D eigenvalue weighted by molar-refractivity contribution is 9.10. The number of benzene rings is 2. The number of rotatable bonds is 3. The summed E-state index contributed by atoms with van der Waals surface area (Å²) >= 11 is 3.50. The number of nitrogens with zero attached hydrogens (tertiary/aromatic N) is 1. The van der Waals surface area contributed by atoms with Gasteiger partial charge >= 0.3 is 6.03 Å². The number of urea groups is 1. The minimum atomic E-state index is -0.873. The molecule has 0 spiro atoms. The molecule has 0 radical (unpaired) electrons. The van der Waals surface area contributed by atoms with Crippen LogP contribution in [0.5, 0.6) is 17.2 Å². The van der Waals surface area contributed by atoms with Gasteiger partial charge in [0.05, 0.1) is 25.9 Å². The van der Waals surface area contributed by atoms with Crippen molar-refractivity contribution in [2.45, 2.75) is 32.0 Å². The lowest BCUT2D eigenvalue weighted by atomic mass is 9.89. The maximum atomic E-state index is 13.1. The van der Waals surface area contributed by atoms with Gasteiger partial charge in [0.15, 0.2) is 17.2 Å². The molecule has 0 aromatic heterocycles. The minimum Gasteiger partial charge on any atom is -0.495 e. The first kappa shape index (κ1) is 18.0. The second-order valence-corrected chi connectivity index (χ2v) is 7.94. The van der Waals surface area contributed by atoms with Crippen LogP contribution < -0.4 is 24.4 Å². The molecule has 1 saturated heterocycles. The lowest BCUT2D eigenvalue weighted by Gasteiger charge is -2.51. The first-order chi connectivity index (χ1) is 12.9. The highest BCUT2D eigenvalue weighted by Crippen LogP contribution is 2.51. The summed E-state index contributed by atoms with van der Waals surface area (Å²) in [4.78, 5) is 14.7. The van der Waals surface area contributed by atoms with Crippen molar-refractivity contribution in [3.8, 4) is 17.2 Å². The Kier molecular flexibility index (Phi) is 4.22. The van der Waals surface area contributed by atoms with Gasteiger partial charge in [-0.15, -0.1) is 0 Å². The fourth-order valence-electron chi connectivity index (χ4n) is 3.89. The molecule has 2 amide bonds. The molecule has 4 rings (SSSR count). The maximum absolute atomic E-state index is 13.1. The normalized spacial score (nSPS) is 23.2. The van der Waals surface area contributed by atoms with Crippen molar-refractivity contribution in [3.63, 3.8) is 0 Å². The first-order valence-corrected chi connectivity index (χ1v) is 9.47. The molecule has 2 aliphatic rings. The summed E-state index contributed by atoms with van der Waals surface area (Å²) in [7, 11) is 3.21. The average Bonchev–Trinajstić information content (AvgIpc) is 2.61. The SMILES string of the molecule is COc1ccc(C)cc1N1C(=O)NC2CC1(C)Oc1c(OC)cc(Br)cc12. The van der Waals surface area contributed by atoms with Crippen LogP contribution in [0.25, 0.3) is 0 Å². The summed E-state index contributed by atoms with van der Waals surface area (Å²) in [5.41, 5.74) is 1.74. The zero-order valence-electron chi connectivity index (χ0n) is 15.6. The molecule has 1 fully saturated rings. The number of methoxy groups -OCH3 is 2. The third-order valence-corrected chi connectivity index (χ3v) is 5.56. The van der Waals surface area contributed by atoms with Crippen LogP contribution in [0.1, 0.15) is 30.5 Å². The molecule has 0 aliphatic carbocycles. The smallest absolute Gasteiger partial charge is 0.325 e. The van der Waals surface area contributed by atoms with Gasteiger partial charge in [0.1, 0.15) is 5.75 Å². The van der Waals surface area contributed by atoms with Crippen LogP contribution in [0, 0.1) is 6.92 Å². The number of hydrogen-bond donors (Lipinski definition) is 1. The molecule has 0 saturated carbocycles. The number of fused-ring (bicyclic) bond motifs is 4. The Morgan fingerprint density at radius 3 is 2.67 bits per heavy atom. The van der Waals surface area contributed by atoms with Gasteiger partial charge in [-0.05, 0) is 43.7 Å². The van der Waals surface area contributed by atoms with E-state index in [1.807, 2.05) is 44.2 Å². The molecule has 2 bridgehead atoms. The predicted octanol–water partition coefficient (Wildman–Crippen LogP) is 4.54. The number of ether oxygens (including phenoxy) is 3. The number of anilines is 1. The molecule has 7 heteroatoms. The third-order valence-electron chi connectivity index (χ3n) is 5.10. The van der Waals surface area contributed by atoms with Crippen LogP contribution in [0.15, 0.2) is 34.8 Å². The topological polar surface area (TPSA) is 60.0 Å². The van der Waals surface area contributed by atoms with Gasteiger partial charge in [0.25, 0.3) is 0 Å². The molecule has 2 aromatic rings. The van der Waals surface area contributed by atoms with E-state index in [9.17, 15) is 4.79 Å². The maximum Gasteiger partial charge on any atom is 0.325 e. The number of carbonyl (C=O) groups excluding carboxylic acids is 1. The third kappa shape index (κ3) is 2.81. The number of aryl methyl sites for hydroxylation is 1. The summed E-state index contributed by atoms with van der Waals surface area (Å²) in [5, 5.41) is 3.10. The monoisotopic (exact) mass is 432 g/mol. The van der Waals surface area contributed by atoms with Crippen molar-refractivity contribution < 1.29 is 19.0 Å². The van der Waals surface area contributed by atoms with E-state index in [1.54, 1.807) is 19.1 Å². The summed E-state index contributed by atoms with van der Waals surface area (Å²) in [6, 6.07) is 9.19. The van der Waals surface area contributed by atoms with Crippen LogP contribution in [-0.2, 0) is 0 Å². The van der Waals surface area contributed by atoms with E-state index in [1.165, 1.54) is 0 Å². The number of carbonyl (C=O) groups is 1. The molecule has 2 aliphatic heterocycles. The summed E-state index contributed by atoms with van der Waals surface area (Å²) in [5.74, 6) is 1.89. The fourth-order valence-corrected chi connectivity index (χ4v) is 4.35. The van der Waals surface area contributed by atoms with E-state index in [2.05, 4.69) is 21.2 Å². The number of halogens is 1. The Hall–Kier alpha value is -2.41. The van der Waals surface area contributed by atoms with Gasteiger partial charge in [-0.25, -0.2) is 4.79 Å². The number of nitrogens with one attached hydrogen (secondary N) is 1. The zero-order chi connectivity index (χ0) is 19.3. The fraction of sp³-hybridized carbons (Fsp3) is 0.350. The van der Waals surface area contributed by atoms with E-state index in [0.717, 1.165) is 15.6 Å². The van der Waals surface area contributed by atoms with Crippen LogP contribution in [-0.4, -0.2) is 26.0 Å². The standard InChI is InChI=1S/C20H21BrN2O4/c1-11-5-6-16(25-3)15(7-11)23-19(24)22-14-10-20(23,2)27-18-13(14)8-12(21)9-17(18)26-4/h5-9,14H,10H2,1-4H3,(H,22,24). The molecule has 6 nitrogen and oxygen atoms in total. The van der Waals surface area contributed by atoms with Gasteiger partial charge in [-0.3, -0.25) is 4.90 Å². The zero-order valence-corrected chi connectivity index (χ0v) is 17.2. The Labute approximate surface area is 166 Å². The van der Waals surface area contributed by atoms with E-state index >= 15 is 0 Å². The van der Waals surface area contributed by atoms with Crippen molar-refractivity contribution in [2.75, 3.05) is 19.1 Å². The Morgan fingerprint density at radius 2 is 1.96 bits per heavy atom. The van der Waals surface area contributed by atoms with E-state index in [4.69, 9.17) is 14.2 Å².